The summed E-state index contributed by atoms with van der Waals surface area (Å²) in [5, 5.41) is 7.32. The molecule has 20 heavy (non-hydrogen) atoms. The van der Waals surface area contributed by atoms with E-state index in [2.05, 4.69) is 20.6 Å². The van der Waals surface area contributed by atoms with Crippen molar-refractivity contribution in [3.05, 3.63) is 15.4 Å². The zero-order chi connectivity index (χ0) is 14.3. The van der Waals surface area contributed by atoms with E-state index in [1.54, 1.807) is 0 Å². The second-order valence-corrected chi connectivity index (χ2v) is 6.97. The lowest BCUT2D eigenvalue weighted by molar-refractivity contribution is 0.103. The SMILES string of the molecule is Cc1nc(NC(=O)c2sc(NC3CC3)nc2N)sc1C. The van der Waals surface area contributed by atoms with Crippen LogP contribution in [-0.4, -0.2) is 21.9 Å². The van der Waals surface area contributed by atoms with Gasteiger partial charge in [-0.05, 0) is 26.7 Å². The van der Waals surface area contributed by atoms with E-state index < -0.39 is 0 Å². The maximum Gasteiger partial charge on any atom is 0.271 e. The molecule has 0 spiro atoms. The number of carbonyl (C=O) groups excluding carboxylic acids is 1. The number of rotatable bonds is 4. The van der Waals surface area contributed by atoms with Gasteiger partial charge in [-0.3, -0.25) is 10.1 Å². The third kappa shape index (κ3) is 2.75. The maximum absolute atomic E-state index is 12.2. The first-order valence-corrected chi connectivity index (χ1v) is 7.94. The number of aryl methyl sites for hydroxylation is 2. The zero-order valence-corrected chi connectivity index (χ0v) is 12.8. The van der Waals surface area contributed by atoms with Crippen LogP contribution >= 0.6 is 22.7 Å². The Morgan fingerprint density at radius 3 is 2.60 bits per heavy atom. The highest BCUT2D eigenvalue weighted by atomic mass is 32.1. The van der Waals surface area contributed by atoms with Crippen LogP contribution in [0.25, 0.3) is 0 Å². The van der Waals surface area contributed by atoms with Gasteiger partial charge in [0.1, 0.15) is 10.7 Å². The third-order valence-electron chi connectivity index (χ3n) is 3.01. The van der Waals surface area contributed by atoms with E-state index in [1.165, 1.54) is 22.7 Å². The van der Waals surface area contributed by atoms with Gasteiger partial charge < -0.3 is 11.1 Å². The van der Waals surface area contributed by atoms with E-state index in [4.69, 9.17) is 5.73 Å². The van der Waals surface area contributed by atoms with E-state index in [-0.39, 0.29) is 11.7 Å². The molecule has 8 heteroatoms. The summed E-state index contributed by atoms with van der Waals surface area (Å²) in [6.07, 6.45) is 2.30. The highest BCUT2D eigenvalue weighted by Crippen LogP contribution is 2.31. The van der Waals surface area contributed by atoms with Gasteiger partial charge in [0.15, 0.2) is 10.3 Å². The average molecular weight is 309 g/mol. The fraction of sp³-hybridized carbons (Fsp3) is 0.417. The largest absolute Gasteiger partial charge is 0.382 e. The molecule has 2 heterocycles. The molecule has 1 aliphatic rings. The summed E-state index contributed by atoms with van der Waals surface area (Å²) in [4.78, 5) is 22.2. The number of nitrogen functional groups attached to an aromatic ring is 1. The van der Waals surface area contributed by atoms with Crippen molar-refractivity contribution in [2.45, 2.75) is 32.7 Å². The van der Waals surface area contributed by atoms with Crippen LogP contribution in [0.4, 0.5) is 16.1 Å². The fourth-order valence-electron chi connectivity index (χ4n) is 1.64. The minimum absolute atomic E-state index is 0.252. The molecule has 2 aromatic rings. The Morgan fingerprint density at radius 2 is 2.00 bits per heavy atom. The van der Waals surface area contributed by atoms with Gasteiger partial charge in [0, 0.05) is 10.9 Å². The van der Waals surface area contributed by atoms with Crippen molar-refractivity contribution in [2.75, 3.05) is 16.4 Å². The number of carbonyl (C=O) groups is 1. The maximum atomic E-state index is 12.2. The molecular weight excluding hydrogens is 294 g/mol. The Balaban J connectivity index is 1.74. The summed E-state index contributed by atoms with van der Waals surface area (Å²) in [6, 6.07) is 0.487. The van der Waals surface area contributed by atoms with Gasteiger partial charge in [-0.2, -0.15) is 0 Å². The Bertz CT molecular complexity index is 639. The first kappa shape index (κ1) is 13.3. The molecule has 0 radical (unpaired) electrons. The molecule has 1 saturated carbocycles. The van der Waals surface area contributed by atoms with Gasteiger partial charge >= 0.3 is 0 Å². The molecule has 1 fully saturated rings. The van der Waals surface area contributed by atoms with Gasteiger partial charge in [-0.15, -0.1) is 11.3 Å². The minimum atomic E-state index is -0.252. The van der Waals surface area contributed by atoms with Crippen LogP contribution in [0, 0.1) is 13.8 Å². The number of amides is 1. The smallest absolute Gasteiger partial charge is 0.271 e. The molecule has 4 N–H and O–H groups in total. The Morgan fingerprint density at radius 1 is 1.25 bits per heavy atom. The number of hydrogen-bond acceptors (Lipinski definition) is 7. The van der Waals surface area contributed by atoms with Gasteiger partial charge in [0.25, 0.3) is 5.91 Å². The molecule has 0 unspecified atom stereocenters. The molecule has 0 saturated heterocycles. The molecular formula is C12H15N5OS2. The van der Waals surface area contributed by atoms with Crippen molar-refractivity contribution in [1.82, 2.24) is 9.97 Å². The van der Waals surface area contributed by atoms with Crippen LogP contribution in [0.3, 0.4) is 0 Å². The van der Waals surface area contributed by atoms with E-state index >= 15 is 0 Å². The monoisotopic (exact) mass is 309 g/mol. The van der Waals surface area contributed by atoms with E-state index in [9.17, 15) is 4.79 Å². The standard InChI is InChI=1S/C12H15N5OS2/c1-5-6(2)19-11(14-5)17-10(18)8-9(13)16-12(20-8)15-7-3-4-7/h7H,3-4,13H2,1-2H3,(H,15,16)(H,14,17,18). The van der Waals surface area contributed by atoms with E-state index in [0.717, 1.165) is 23.4 Å². The first-order valence-electron chi connectivity index (χ1n) is 6.31. The second-order valence-electron chi connectivity index (χ2n) is 4.77. The molecule has 106 valence electrons. The van der Waals surface area contributed by atoms with Crippen molar-refractivity contribution in [2.24, 2.45) is 0 Å². The highest BCUT2D eigenvalue weighted by molar-refractivity contribution is 7.18. The average Bonchev–Trinajstić information content (AvgIpc) is 3.02. The number of nitrogens with zero attached hydrogens (tertiary/aromatic N) is 2. The Labute approximate surface area is 124 Å². The molecule has 1 aliphatic carbocycles. The van der Waals surface area contributed by atoms with Gasteiger partial charge in [0.05, 0.1) is 5.69 Å². The van der Waals surface area contributed by atoms with Crippen molar-refractivity contribution >= 4 is 44.7 Å². The normalized spacial score (nSPS) is 14.3. The molecule has 2 aromatic heterocycles. The van der Waals surface area contributed by atoms with Crippen molar-refractivity contribution in [3.63, 3.8) is 0 Å². The third-order valence-corrected chi connectivity index (χ3v) is 5.00. The zero-order valence-electron chi connectivity index (χ0n) is 11.2. The second kappa shape index (κ2) is 5.02. The summed E-state index contributed by atoms with van der Waals surface area (Å²) in [5.41, 5.74) is 6.74. The lowest BCUT2D eigenvalue weighted by atomic mass is 10.4. The Kier molecular flexibility index (Phi) is 3.35. The number of nitrogens with two attached hydrogens (primary N) is 1. The van der Waals surface area contributed by atoms with Gasteiger partial charge in [-0.25, -0.2) is 9.97 Å². The number of nitrogens with one attached hydrogen (secondary N) is 2. The van der Waals surface area contributed by atoms with Crippen LogP contribution in [-0.2, 0) is 0 Å². The lowest BCUT2D eigenvalue weighted by Gasteiger charge is -1.98. The van der Waals surface area contributed by atoms with Gasteiger partial charge in [0.2, 0.25) is 0 Å². The van der Waals surface area contributed by atoms with Crippen molar-refractivity contribution < 1.29 is 4.79 Å². The van der Waals surface area contributed by atoms with E-state index in [1.807, 2.05) is 13.8 Å². The molecule has 1 amide bonds. The predicted octanol–water partition coefficient (Wildman–Crippen LogP) is 2.63. The summed E-state index contributed by atoms with van der Waals surface area (Å²) in [5.74, 6) is 0.0123. The van der Waals surface area contributed by atoms with Crippen LogP contribution in [0.15, 0.2) is 0 Å². The van der Waals surface area contributed by atoms with Crippen molar-refractivity contribution in [1.29, 1.82) is 0 Å². The number of thiazole rings is 2. The topological polar surface area (TPSA) is 92.9 Å². The predicted molar refractivity (Wildman–Crippen MR) is 82.7 cm³/mol. The summed E-state index contributed by atoms with van der Waals surface area (Å²) in [6.45, 7) is 3.89. The summed E-state index contributed by atoms with van der Waals surface area (Å²) in [7, 11) is 0. The lowest BCUT2D eigenvalue weighted by Crippen LogP contribution is -2.11. The number of anilines is 3. The first-order chi connectivity index (χ1) is 9.52. The molecule has 0 bridgehead atoms. The molecule has 6 nitrogen and oxygen atoms in total. The molecule has 0 atom stereocenters. The summed E-state index contributed by atoms with van der Waals surface area (Å²) < 4.78 is 0. The van der Waals surface area contributed by atoms with Crippen LogP contribution < -0.4 is 16.4 Å². The molecule has 0 aromatic carbocycles. The molecule has 3 rings (SSSR count). The van der Waals surface area contributed by atoms with E-state index in [0.29, 0.717) is 21.2 Å². The van der Waals surface area contributed by atoms with Crippen molar-refractivity contribution in [3.8, 4) is 0 Å². The van der Waals surface area contributed by atoms with Gasteiger partial charge in [-0.1, -0.05) is 11.3 Å². The van der Waals surface area contributed by atoms with Crippen LogP contribution in [0.5, 0.6) is 0 Å². The number of hydrogen-bond donors (Lipinski definition) is 3. The summed E-state index contributed by atoms with van der Waals surface area (Å²) >= 11 is 2.74. The quantitative estimate of drug-likeness (QED) is 0.807. The highest BCUT2D eigenvalue weighted by Gasteiger charge is 2.24. The Hall–Kier alpha value is -1.67. The van der Waals surface area contributed by atoms with Crippen LogP contribution in [0.2, 0.25) is 0 Å². The molecule has 0 aliphatic heterocycles. The number of aromatic nitrogens is 2. The minimum Gasteiger partial charge on any atom is -0.382 e. The van der Waals surface area contributed by atoms with Crippen LogP contribution in [0.1, 0.15) is 33.1 Å². The fourth-order valence-corrected chi connectivity index (χ4v) is 3.31.